The zero-order valence-electron chi connectivity index (χ0n) is 23.2. The average molecular weight is 551 g/mol. The lowest BCUT2D eigenvalue weighted by Crippen LogP contribution is -2.15. The fourth-order valence-electron chi connectivity index (χ4n) is 3.89. The topological polar surface area (TPSA) is 107 Å². The van der Waals surface area contributed by atoms with Gasteiger partial charge in [-0.15, -0.1) is 0 Å². The molecule has 0 atom stereocenters. The van der Waals surface area contributed by atoms with E-state index in [1.54, 1.807) is 12.2 Å². The van der Waals surface area contributed by atoms with E-state index >= 15 is 0 Å². The quantitative estimate of drug-likeness (QED) is 0.0718. The predicted octanol–water partition coefficient (Wildman–Crippen LogP) is 7.86. The van der Waals surface area contributed by atoms with Crippen LogP contribution in [-0.2, 0) is 19.6 Å². The van der Waals surface area contributed by atoms with Gasteiger partial charge in [0.15, 0.2) is 0 Å². The zero-order valence-corrected chi connectivity index (χ0v) is 24.0. The number of rotatable bonds is 21. The van der Waals surface area contributed by atoms with Gasteiger partial charge in [-0.05, 0) is 43.9 Å². The van der Waals surface area contributed by atoms with E-state index in [2.05, 4.69) is 13.8 Å². The number of ether oxygens (including phenoxy) is 2. The van der Waals surface area contributed by atoms with E-state index < -0.39 is 27.0 Å². The molecule has 0 unspecified atom stereocenters. The summed E-state index contributed by atoms with van der Waals surface area (Å²) in [6.45, 7) is 4.39. The molecule has 1 aromatic carbocycles. The number of unbranched alkanes of at least 4 members (excludes halogenated alkanes) is 12. The second-order valence-electron chi connectivity index (χ2n) is 9.44. The van der Waals surface area contributed by atoms with Crippen LogP contribution >= 0.6 is 0 Å². The lowest BCUT2D eigenvalue weighted by molar-refractivity contribution is 0.0502. The van der Waals surface area contributed by atoms with E-state index in [0.29, 0.717) is 0 Å². The summed E-state index contributed by atoms with van der Waals surface area (Å²) in [6, 6.07) is 3.14. The first kappa shape index (κ1) is 33.6. The molecule has 1 N–H and O–H groups in total. The van der Waals surface area contributed by atoms with Gasteiger partial charge in [0.05, 0.1) is 16.0 Å². The molecule has 0 amide bonds. The van der Waals surface area contributed by atoms with Gasteiger partial charge in [0.25, 0.3) is 10.1 Å². The maximum absolute atomic E-state index is 12.7. The van der Waals surface area contributed by atoms with Crippen molar-refractivity contribution in [2.75, 3.05) is 13.2 Å². The first-order chi connectivity index (χ1) is 18.3. The molecule has 7 nitrogen and oxygen atoms in total. The van der Waals surface area contributed by atoms with Gasteiger partial charge in [0, 0.05) is 0 Å². The van der Waals surface area contributed by atoms with Gasteiger partial charge in [0.1, 0.15) is 13.2 Å². The second kappa shape index (κ2) is 20.5. The summed E-state index contributed by atoms with van der Waals surface area (Å²) >= 11 is 0. The second-order valence-corrected chi connectivity index (χ2v) is 10.9. The van der Waals surface area contributed by atoms with Gasteiger partial charge in [-0.1, -0.05) is 102 Å². The smallest absolute Gasteiger partial charge is 0.339 e. The largest absolute Gasteiger partial charge is 0.458 e. The van der Waals surface area contributed by atoms with Crippen molar-refractivity contribution in [1.82, 2.24) is 0 Å². The number of esters is 2. The highest BCUT2D eigenvalue weighted by Crippen LogP contribution is 2.19. The molecule has 0 radical (unpaired) electrons. The van der Waals surface area contributed by atoms with Gasteiger partial charge < -0.3 is 9.47 Å². The van der Waals surface area contributed by atoms with Crippen molar-refractivity contribution in [2.45, 2.75) is 109 Å². The summed E-state index contributed by atoms with van der Waals surface area (Å²) in [4.78, 5) is 24.8. The number of hydrogen-bond donors (Lipinski definition) is 1. The van der Waals surface area contributed by atoms with E-state index in [0.717, 1.165) is 50.3 Å². The molecule has 0 fully saturated rings. The van der Waals surface area contributed by atoms with Gasteiger partial charge in [-0.2, -0.15) is 8.42 Å². The molecule has 0 aliphatic rings. The molecular weight excluding hydrogens is 504 g/mol. The minimum Gasteiger partial charge on any atom is -0.458 e. The Morgan fingerprint density at radius 3 is 1.61 bits per heavy atom. The molecule has 0 spiro atoms. The van der Waals surface area contributed by atoms with Crippen molar-refractivity contribution < 1.29 is 32.0 Å². The number of allylic oxidation sites excluding steroid dienone is 2. The highest BCUT2D eigenvalue weighted by atomic mass is 32.2. The third-order valence-electron chi connectivity index (χ3n) is 6.13. The van der Waals surface area contributed by atoms with Crippen LogP contribution in [-0.4, -0.2) is 38.1 Å². The summed E-state index contributed by atoms with van der Waals surface area (Å²) < 4.78 is 43.0. The Kier molecular flexibility index (Phi) is 18.1. The fraction of sp³-hybridized carbons (Fsp3) is 0.600. The monoisotopic (exact) mass is 550 g/mol. The van der Waals surface area contributed by atoms with E-state index in [-0.39, 0.29) is 24.3 Å². The first-order valence-corrected chi connectivity index (χ1v) is 15.5. The van der Waals surface area contributed by atoms with Crippen LogP contribution in [0.15, 0.2) is 47.4 Å². The number of carbonyl (C=O) groups is 2. The number of benzene rings is 1. The highest BCUT2D eigenvalue weighted by Gasteiger charge is 2.23. The molecule has 0 saturated heterocycles. The Balaban J connectivity index is 2.61. The van der Waals surface area contributed by atoms with E-state index in [9.17, 15) is 22.6 Å². The van der Waals surface area contributed by atoms with E-state index in [1.165, 1.54) is 57.8 Å². The minimum absolute atomic E-state index is 0.0135. The zero-order chi connectivity index (χ0) is 28.1. The van der Waals surface area contributed by atoms with Crippen molar-refractivity contribution in [3.05, 3.63) is 53.6 Å². The van der Waals surface area contributed by atoms with Crippen LogP contribution in [0.2, 0.25) is 0 Å². The summed E-state index contributed by atoms with van der Waals surface area (Å²) in [5.41, 5.74) is -0.395. The Morgan fingerprint density at radius 2 is 1.13 bits per heavy atom. The fourth-order valence-corrected chi connectivity index (χ4v) is 4.40. The van der Waals surface area contributed by atoms with Gasteiger partial charge in [0.2, 0.25) is 0 Å². The van der Waals surface area contributed by atoms with Gasteiger partial charge in [-0.3, -0.25) is 4.55 Å². The molecule has 38 heavy (non-hydrogen) atoms. The van der Waals surface area contributed by atoms with Crippen LogP contribution in [0, 0.1) is 0 Å². The van der Waals surface area contributed by atoms with Crippen LogP contribution in [0.5, 0.6) is 0 Å². The molecule has 0 aromatic heterocycles. The van der Waals surface area contributed by atoms with Crippen LogP contribution in [0.1, 0.15) is 124 Å². The van der Waals surface area contributed by atoms with Gasteiger partial charge >= 0.3 is 11.9 Å². The summed E-state index contributed by atoms with van der Waals surface area (Å²) in [5, 5.41) is 0. The molecule has 1 aromatic rings. The molecular formula is C30H46O7S. The predicted molar refractivity (Wildman–Crippen MR) is 151 cm³/mol. The molecule has 1 rings (SSSR count). The first-order valence-electron chi connectivity index (χ1n) is 14.1. The molecule has 8 heteroatoms. The molecule has 214 valence electrons. The standard InChI is InChI=1S/C30H46O7S/c1-3-5-7-9-11-13-15-17-19-23-36-29(31)27-22-21-26(38(33,34)35)25-28(27)30(32)37-24-20-18-16-14-12-10-8-6-4-2/h17-22,25H,3-16,23-24H2,1-2H3,(H,33,34,35)/b19-17+,20-18+. The van der Waals surface area contributed by atoms with Crippen molar-refractivity contribution in [3.8, 4) is 0 Å². The molecule has 0 bridgehead atoms. The highest BCUT2D eigenvalue weighted by molar-refractivity contribution is 7.85. The number of carbonyl (C=O) groups excluding carboxylic acids is 2. The summed E-state index contributed by atoms with van der Waals surface area (Å²) in [5.74, 6) is -1.65. The third kappa shape index (κ3) is 15.1. The Hall–Kier alpha value is -2.45. The molecule has 0 aliphatic carbocycles. The van der Waals surface area contributed by atoms with Crippen LogP contribution in [0.25, 0.3) is 0 Å². The van der Waals surface area contributed by atoms with Crippen molar-refractivity contribution in [3.63, 3.8) is 0 Å². The van der Waals surface area contributed by atoms with Crippen LogP contribution in [0.3, 0.4) is 0 Å². The van der Waals surface area contributed by atoms with Crippen LogP contribution in [0.4, 0.5) is 0 Å². The molecule has 0 aliphatic heterocycles. The minimum atomic E-state index is -4.57. The summed E-state index contributed by atoms with van der Waals surface area (Å²) in [6.07, 6.45) is 23.5. The SMILES string of the molecule is CCCCCCCC/C=C/COC(=O)c1ccc(S(=O)(=O)O)cc1C(=O)OC/C=C/CCCCCCCC. The maximum atomic E-state index is 12.7. The van der Waals surface area contributed by atoms with E-state index in [1.807, 2.05) is 12.2 Å². The van der Waals surface area contributed by atoms with Crippen molar-refractivity contribution in [2.24, 2.45) is 0 Å². The maximum Gasteiger partial charge on any atom is 0.339 e. The Labute approximate surface area is 229 Å². The van der Waals surface area contributed by atoms with Crippen molar-refractivity contribution in [1.29, 1.82) is 0 Å². The lowest BCUT2D eigenvalue weighted by atomic mass is 10.1. The number of hydrogen-bond acceptors (Lipinski definition) is 6. The Bertz CT molecular complexity index is 980. The molecule has 0 heterocycles. The molecule has 0 saturated carbocycles. The van der Waals surface area contributed by atoms with Gasteiger partial charge in [-0.25, -0.2) is 9.59 Å². The summed E-state index contributed by atoms with van der Waals surface area (Å²) in [7, 11) is -4.57. The van der Waals surface area contributed by atoms with E-state index in [4.69, 9.17) is 9.47 Å². The van der Waals surface area contributed by atoms with Crippen molar-refractivity contribution >= 4 is 22.1 Å². The lowest BCUT2D eigenvalue weighted by Gasteiger charge is -2.10. The van der Waals surface area contributed by atoms with Crippen LogP contribution < -0.4 is 0 Å². The third-order valence-corrected chi connectivity index (χ3v) is 6.98. The average Bonchev–Trinajstić information content (AvgIpc) is 2.89. The normalized spacial score (nSPS) is 11.9. The Morgan fingerprint density at radius 1 is 0.684 bits per heavy atom.